The standard InChI is InChI=1S/C24H34N6O3S/c1-3-13-34(32,33)29-19-9-10-20-21(15-19)30-12-6-8-18(16-30)7-4-5-11-25-24-26-17(2)14-22(28-24)27-23(20)31/h9-10,14-15,18,29H,3-8,11-13,16H2,1-2H3,(H2,25,26,27,28,31)/t18-/m0/s1. The minimum Gasteiger partial charge on any atom is -0.371 e. The van der Waals surface area contributed by atoms with Crippen LogP contribution in [0.15, 0.2) is 24.3 Å². The Hall–Kier alpha value is -2.88. The van der Waals surface area contributed by atoms with Gasteiger partial charge in [0.15, 0.2) is 0 Å². The monoisotopic (exact) mass is 486 g/mol. The van der Waals surface area contributed by atoms with Crippen LogP contribution in [-0.2, 0) is 10.0 Å². The molecule has 0 aliphatic carbocycles. The van der Waals surface area contributed by atoms with Gasteiger partial charge >= 0.3 is 0 Å². The number of nitrogens with zero attached hydrogens (tertiary/aromatic N) is 3. The van der Waals surface area contributed by atoms with Crippen LogP contribution in [0.2, 0.25) is 0 Å². The first-order valence-corrected chi connectivity index (χ1v) is 13.8. The van der Waals surface area contributed by atoms with Gasteiger partial charge in [0.25, 0.3) is 5.91 Å². The molecule has 2 aliphatic rings. The highest BCUT2D eigenvalue weighted by atomic mass is 32.2. The zero-order valence-electron chi connectivity index (χ0n) is 19.9. The molecule has 2 aromatic rings. The number of hydrogen-bond donors (Lipinski definition) is 3. The molecule has 1 amide bonds. The Kier molecular flexibility index (Phi) is 7.55. The predicted molar refractivity (Wildman–Crippen MR) is 136 cm³/mol. The maximum Gasteiger partial charge on any atom is 0.258 e. The molecule has 0 unspecified atom stereocenters. The van der Waals surface area contributed by atoms with Crippen molar-refractivity contribution in [2.45, 2.75) is 52.4 Å². The van der Waals surface area contributed by atoms with Crippen LogP contribution in [0.25, 0.3) is 0 Å². The van der Waals surface area contributed by atoms with Gasteiger partial charge in [-0.2, -0.15) is 4.98 Å². The van der Waals surface area contributed by atoms with Gasteiger partial charge in [-0.05, 0) is 63.1 Å². The molecule has 1 atom stereocenters. The van der Waals surface area contributed by atoms with Gasteiger partial charge in [-0.3, -0.25) is 9.52 Å². The molecule has 3 N–H and O–H groups in total. The van der Waals surface area contributed by atoms with Gasteiger partial charge in [-0.1, -0.05) is 13.3 Å². The second-order valence-corrected chi connectivity index (χ2v) is 11.0. The van der Waals surface area contributed by atoms with Gasteiger partial charge < -0.3 is 15.5 Å². The Balaban J connectivity index is 1.71. The molecule has 1 aromatic carbocycles. The highest BCUT2D eigenvalue weighted by Gasteiger charge is 2.25. The molecule has 0 saturated carbocycles. The summed E-state index contributed by atoms with van der Waals surface area (Å²) in [5.41, 5.74) is 2.49. The Morgan fingerprint density at radius 3 is 2.79 bits per heavy atom. The topological polar surface area (TPSA) is 116 Å². The number of hydrogen-bond acceptors (Lipinski definition) is 7. The predicted octanol–water partition coefficient (Wildman–Crippen LogP) is 4.00. The van der Waals surface area contributed by atoms with Gasteiger partial charge in [0, 0.05) is 31.4 Å². The summed E-state index contributed by atoms with van der Waals surface area (Å²) in [6.45, 7) is 6.17. The first kappa shape index (κ1) is 24.3. The number of anilines is 4. The Labute approximate surface area is 201 Å². The van der Waals surface area contributed by atoms with Crippen molar-refractivity contribution in [3.8, 4) is 0 Å². The molecule has 0 radical (unpaired) electrons. The number of fused-ring (bicyclic) bond motifs is 6. The number of amides is 1. The van der Waals surface area contributed by atoms with Gasteiger partial charge in [0.2, 0.25) is 16.0 Å². The van der Waals surface area contributed by atoms with Crippen molar-refractivity contribution in [1.82, 2.24) is 9.97 Å². The molecular weight excluding hydrogens is 452 g/mol. The molecule has 4 rings (SSSR count). The van der Waals surface area contributed by atoms with Crippen LogP contribution >= 0.6 is 0 Å². The van der Waals surface area contributed by atoms with E-state index in [9.17, 15) is 13.2 Å². The summed E-state index contributed by atoms with van der Waals surface area (Å²) in [5.74, 6) is 1.26. The number of aromatic nitrogens is 2. The molecule has 0 spiro atoms. The zero-order valence-corrected chi connectivity index (χ0v) is 20.7. The number of sulfonamides is 1. The van der Waals surface area contributed by atoms with Crippen LogP contribution in [0.5, 0.6) is 0 Å². The van der Waals surface area contributed by atoms with Gasteiger partial charge in [0.05, 0.1) is 22.7 Å². The van der Waals surface area contributed by atoms with E-state index >= 15 is 0 Å². The second kappa shape index (κ2) is 10.6. The lowest BCUT2D eigenvalue weighted by atomic mass is 9.92. The summed E-state index contributed by atoms with van der Waals surface area (Å²) in [4.78, 5) is 24.5. The number of carbonyl (C=O) groups excluding carboxylic acids is 1. The summed E-state index contributed by atoms with van der Waals surface area (Å²) in [5, 5.41) is 6.19. The van der Waals surface area contributed by atoms with Crippen molar-refractivity contribution in [2.75, 3.05) is 45.6 Å². The van der Waals surface area contributed by atoms with Gasteiger partial charge in [-0.15, -0.1) is 0 Å². The van der Waals surface area contributed by atoms with Crippen LogP contribution in [0.3, 0.4) is 0 Å². The fourth-order valence-corrected chi connectivity index (χ4v) is 5.85. The molecule has 2 aliphatic heterocycles. The van der Waals surface area contributed by atoms with Crippen LogP contribution in [0.1, 0.15) is 61.5 Å². The van der Waals surface area contributed by atoms with E-state index in [1.54, 1.807) is 24.3 Å². The van der Waals surface area contributed by atoms with Crippen molar-refractivity contribution >= 4 is 39.1 Å². The SMILES string of the molecule is CCCS(=O)(=O)Nc1ccc2c(c1)N1CCC[C@H](CCCCNc3nc(C)cc(n3)NC2=O)C1. The van der Waals surface area contributed by atoms with E-state index in [1.165, 1.54) is 0 Å². The van der Waals surface area contributed by atoms with E-state index in [-0.39, 0.29) is 11.7 Å². The normalized spacial score (nSPS) is 19.2. The lowest BCUT2D eigenvalue weighted by Gasteiger charge is -2.35. The summed E-state index contributed by atoms with van der Waals surface area (Å²) in [6, 6.07) is 6.88. The third-order valence-corrected chi connectivity index (χ3v) is 7.76. The largest absolute Gasteiger partial charge is 0.371 e. The highest BCUT2D eigenvalue weighted by molar-refractivity contribution is 7.92. The first-order valence-electron chi connectivity index (χ1n) is 12.1. The highest BCUT2D eigenvalue weighted by Crippen LogP contribution is 2.32. The fraction of sp³-hybridized carbons (Fsp3) is 0.542. The van der Waals surface area contributed by atoms with Crippen LogP contribution in [0, 0.1) is 12.8 Å². The molecule has 3 heterocycles. The minimum absolute atomic E-state index is 0.0553. The molecule has 1 fully saturated rings. The zero-order chi connectivity index (χ0) is 24.1. The van der Waals surface area contributed by atoms with E-state index < -0.39 is 10.0 Å². The van der Waals surface area contributed by atoms with E-state index in [2.05, 4.69) is 30.2 Å². The van der Waals surface area contributed by atoms with Crippen molar-refractivity contribution < 1.29 is 13.2 Å². The average molecular weight is 487 g/mol. The lowest BCUT2D eigenvalue weighted by Crippen LogP contribution is -2.36. The van der Waals surface area contributed by atoms with Crippen LogP contribution in [-0.4, -0.2) is 49.7 Å². The molecule has 184 valence electrons. The third kappa shape index (κ3) is 6.16. The summed E-state index contributed by atoms with van der Waals surface area (Å²) in [7, 11) is -3.43. The molecule has 4 bridgehead atoms. The van der Waals surface area contributed by atoms with Gasteiger partial charge in [0.1, 0.15) is 5.82 Å². The van der Waals surface area contributed by atoms with E-state index in [0.29, 0.717) is 35.4 Å². The smallest absolute Gasteiger partial charge is 0.258 e. The number of rotatable bonds is 4. The summed E-state index contributed by atoms with van der Waals surface area (Å²) in [6.07, 6.45) is 5.98. The molecular formula is C24H34N6O3S. The van der Waals surface area contributed by atoms with Crippen LogP contribution < -0.4 is 20.3 Å². The van der Waals surface area contributed by atoms with E-state index in [1.807, 2.05) is 13.8 Å². The molecule has 1 aromatic heterocycles. The number of piperidine rings is 1. The summed E-state index contributed by atoms with van der Waals surface area (Å²) < 4.78 is 27.4. The number of aryl methyl sites for hydroxylation is 1. The minimum atomic E-state index is -3.43. The molecule has 10 heteroatoms. The quantitative estimate of drug-likeness (QED) is 0.598. The average Bonchev–Trinajstić information content (AvgIpc) is 2.78. The molecule has 9 nitrogen and oxygen atoms in total. The first-order chi connectivity index (χ1) is 16.3. The van der Waals surface area contributed by atoms with Crippen LogP contribution in [0.4, 0.5) is 23.1 Å². The Bertz CT molecular complexity index is 1140. The Morgan fingerprint density at radius 2 is 1.97 bits per heavy atom. The fourth-order valence-electron chi connectivity index (χ4n) is 4.72. The van der Waals surface area contributed by atoms with E-state index in [0.717, 1.165) is 63.1 Å². The number of benzene rings is 1. The second-order valence-electron chi connectivity index (χ2n) is 9.20. The Morgan fingerprint density at radius 1 is 1.15 bits per heavy atom. The van der Waals surface area contributed by atoms with Crippen molar-refractivity contribution in [1.29, 1.82) is 0 Å². The van der Waals surface area contributed by atoms with E-state index in [4.69, 9.17) is 0 Å². The van der Waals surface area contributed by atoms with Crippen molar-refractivity contribution in [3.05, 3.63) is 35.5 Å². The third-order valence-electron chi connectivity index (χ3n) is 6.27. The van der Waals surface area contributed by atoms with Crippen molar-refractivity contribution in [2.24, 2.45) is 5.92 Å². The molecule has 1 saturated heterocycles. The maximum atomic E-state index is 13.4. The number of carbonyl (C=O) groups is 1. The maximum absolute atomic E-state index is 13.4. The van der Waals surface area contributed by atoms with Crippen molar-refractivity contribution in [3.63, 3.8) is 0 Å². The lowest BCUT2D eigenvalue weighted by molar-refractivity contribution is 0.102. The number of nitrogens with one attached hydrogen (secondary N) is 3. The molecule has 34 heavy (non-hydrogen) atoms. The summed E-state index contributed by atoms with van der Waals surface area (Å²) >= 11 is 0. The van der Waals surface area contributed by atoms with Gasteiger partial charge in [-0.25, -0.2) is 13.4 Å².